The summed E-state index contributed by atoms with van der Waals surface area (Å²) in [4.78, 5) is 10.7. The van der Waals surface area contributed by atoms with Crippen LogP contribution in [-0.4, -0.2) is 49.5 Å². The van der Waals surface area contributed by atoms with Crippen molar-refractivity contribution in [2.45, 2.75) is 24.9 Å². The highest BCUT2D eigenvalue weighted by atomic mass is 19.4. The highest BCUT2D eigenvalue weighted by molar-refractivity contribution is 5.39. The van der Waals surface area contributed by atoms with Crippen LogP contribution in [0.25, 0.3) is 0 Å². The SMILES string of the molecule is CCN(C)CC(OC=O)(C(F)(F)F)C(F)(F)F. The molecule has 0 radical (unpaired) electrons. The van der Waals surface area contributed by atoms with Gasteiger partial charge in [-0.3, -0.25) is 4.79 Å². The lowest BCUT2D eigenvalue weighted by Crippen LogP contribution is -2.64. The van der Waals surface area contributed by atoms with Gasteiger partial charge in [-0.15, -0.1) is 0 Å². The topological polar surface area (TPSA) is 29.5 Å². The summed E-state index contributed by atoms with van der Waals surface area (Å²) in [5.74, 6) is 0. The van der Waals surface area contributed by atoms with Crippen molar-refractivity contribution < 1.29 is 35.9 Å². The van der Waals surface area contributed by atoms with Gasteiger partial charge >= 0.3 is 18.0 Å². The highest BCUT2D eigenvalue weighted by Crippen LogP contribution is 2.45. The monoisotopic (exact) mass is 267 g/mol. The average Bonchev–Trinajstić information content (AvgIpc) is 2.13. The number of carbonyl (C=O) groups is 1. The van der Waals surface area contributed by atoms with Gasteiger partial charge in [0, 0.05) is 0 Å². The van der Waals surface area contributed by atoms with Crippen molar-refractivity contribution in [3.05, 3.63) is 0 Å². The molecule has 0 aromatic heterocycles. The van der Waals surface area contributed by atoms with Gasteiger partial charge < -0.3 is 9.64 Å². The number of nitrogens with zero attached hydrogens (tertiary/aromatic N) is 1. The molecule has 0 aromatic carbocycles. The van der Waals surface area contributed by atoms with Crippen LogP contribution in [-0.2, 0) is 9.53 Å². The van der Waals surface area contributed by atoms with Crippen LogP contribution in [0.15, 0.2) is 0 Å². The normalized spacial score (nSPS) is 13.9. The van der Waals surface area contributed by atoms with Gasteiger partial charge in [0.1, 0.15) is 0 Å². The molecule has 17 heavy (non-hydrogen) atoms. The Labute approximate surface area is 93.3 Å². The van der Waals surface area contributed by atoms with E-state index in [1.54, 1.807) is 0 Å². The summed E-state index contributed by atoms with van der Waals surface area (Å²) in [5, 5.41) is 0. The maximum atomic E-state index is 12.5. The fraction of sp³-hybridized carbons (Fsp3) is 0.875. The molecular formula is C8H11F6NO2. The zero-order valence-corrected chi connectivity index (χ0v) is 9.02. The van der Waals surface area contributed by atoms with Crippen molar-refractivity contribution in [1.82, 2.24) is 4.90 Å². The molecule has 0 amide bonds. The zero-order valence-electron chi connectivity index (χ0n) is 9.02. The first-order chi connectivity index (χ1) is 7.52. The molecule has 0 atom stereocenters. The third kappa shape index (κ3) is 3.24. The second-order valence-corrected chi connectivity index (χ2v) is 3.37. The van der Waals surface area contributed by atoms with Gasteiger partial charge in [0.15, 0.2) is 0 Å². The second-order valence-electron chi connectivity index (χ2n) is 3.37. The molecule has 9 heteroatoms. The van der Waals surface area contributed by atoms with Crippen LogP contribution in [0.3, 0.4) is 0 Å². The summed E-state index contributed by atoms with van der Waals surface area (Å²) in [5.41, 5.74) is -4.49. The molecule has 0 fully saturated rings. The fourth-order valence-corrected chi connectivity index (χ4v) is 1.08. The zero-order chi connectivity index (χ0) is 13.9. The standard InChI is InChI=1S/C8H11F6NO2/c1-3-15(2)4-6(17-5-16,7(9,10)11)8(12,13)14/h5H,3-4H2,1-2H3. The summed E-state index contributed by atoms with van der Waals surface area (Å²) in [6, 6.07) is 0. The molecule has 0 aliphatic carbocycles. The van der Waals surface area contributed by atoms with E-state index in [1.165, 1.54) is 6.92 Å². The maximum Gasteiger partial charge on any atom is 0.438 e. The lowest BCUT2D eigenvalue weighted by atomic mass is 10.0. The Kier molecular flexibility index (Phi) is 4.81. The van der Waals surface area contributed by atoms with E-state index in [0.29, 0.717) is 0 Å². The van der Waals surface area contributed by atoms with E-state index in [9.17, 15) is 31.1 Å². The van der Waals surface area contributed by atoms with Crippen molar-refractivity contribution in [3.63, 3.8) is 0 Å². The van der Waals surface area contributed by atoms with Gasteiger partial charge in [-0.2, -0.15) is 26.3 Å². The number of alkyl halides is 6. The molecule has 3 nitrogen and oxygen atoms in total. The van der Waals surface area contributed by atoms with Gasteiger partial charge in [-0.25, -0.2) is 0 Å². The summed E-state index contributed by atoms with van der Waals surface area (Å²) in [7, 11) is 1.06. The summed E-state index contributed by atoms with van der Waals surface area (Å²) in [6.07, 6.45) is -11.5. The van der Waals surface area contributed by atoms with Crippen LogP contribution < -0.4 is 0 Å². The van der Waals surface area contributed by atoms with Crippen molar-refractivity contribution >= 4 is 6.47 Å². The van der Waals surface area contributed by atoms with E-state index >= 15 is 0 Å². The lowest BCUT2D eigenvalue weighted by molar-refractivity contribution is -0.368. The van der Waals surface area contributed by atoms with Crippen LogP contribution in [0, 0.1) is 0 Å². The number of hydrogen-bond donors (Lipinski definition) is 0. The summed E-state index contributed by atoms with van der Waals surface area (Å²) < 4.78 is 78.5. The summed E-state index contributed by atoms with van der Waals surface area (Å²) in [6.45, 7) is -1.03. The Balaban J connectivity index is 5.49. The van der Waals surface area contributed by atoms with Gasteiger partial charge in [0.25, 0.3) is 6.47 Å². The quantitative estimate of drug-likeness (QED) is 0.563. The van der Waals surface area contributed by atoms with Gasteiger partial charge in [-0.05, 0) is 13.6 Å². The molecule has 0 aromatic rings. The van der Waals surface area contributed by atoms with Gasteiger partial charge in [0.2, 0.25) is 0 Å². The van der Waals surface area contributed by atoms with E-state index in [0.717, 1.165) is 11.9 Å². The number of halogens is 6. The molecule has 0 saturated carbocycles. The van der Waals surface area contributed by atoms with Crippen molar-refractivity contribution in [2.75, 3.05) is 20.1 Å². The van der Waals surface area contributed by atoms with E-state index in [4.69, 9.17) is 0 Å². The van der Waals surface area contributed by atoms with Crippen LogP contribution in [0.5, 0.6) is 0 Å². The lowest BCUT2D eigenvalue weighted by Gasteiger charge is -2.37. The first-order valence-corrected chi connectivity index (χ1v) is 4.45. The Morgan fingerprint density at radius 1 is 1.12 bits per heavy atom. The molecule has 102 valence electrons. The van der Waals surface area contributed by atoms with Crippen molar-refractivity contribution in [2.24, 2.45) is 0 Å². The third-order valence-corrected chi connectivity index (χ3v) is 2.20. The molecule has 0 rings (SSSR count). The number of hydrogen-bond acceptors (Lipinski definition) is 3. The van der Waals surface area contributed by atoms with Crippen LogP contribution in [0.4, 0.5) is 26.3 Å². The molecule has 0 saturated heterocycles. The molecule has 0 aliphatic heterocycles. The molecular weight excluding hydrogens is 256 g/mol. The van der Waals surface area contributed by atoms with Crippen molar-refractivity contribution in [3.8, 4) is 0 Å². The van der Waals surface area contributed by atoms with Gasteiger partial charge in [0.05, 0.1) is 6.54 Å². The number of carbonyl (C=O) groups excluding carboxylic acids is 1. The Morgan fingerprint density at radius 2 is 1.53 bits per heavy atom. The molecule has 0 unspecified atom stereocenters. The number of rotatable bonds is 5. The first kappa shape index (κ1) is 16.0. The Bertz CT molecular complexity index is 248. The summed E-state index contributed by atoms with van der Waals surface area (Å²) >= 11 is 0. The largest absolute Gasteiger partial charge is 0.440 e. The second kappa shape index (κ2) is 5.11. The van der Waals surface area contributed by atoms with Gasteiger partial charge in [-0.1, -0.05) is 6.92 Å². The molecule has 0 aliphatic rings. The van der Waals surface area contributed by atoms with Crippen LogP contribution in [0.1, 0.15) is 6.92 Å². The Hall–Kier alpha value is -0.990. The van der Waals surface area contributed by atoms with E-state index < -0.39 is 31.0 Å². The van der Waals surface area contributed by atoms with Crippen LogP contribution in [0.2, 0.25) is 0 Å². The van der Waals surface area contributed by atoms with Crippen molar-refractivity contribution in [1.29, 1.82) is 0 Å². The van der Waals surface area contributed by atoms with E-state index in [2.05, 4.69) is 4.74 Å². The smallest absolute Gasteiger partial charge is 0.438 e. The highest BCUT2D eigenvalue weighted by Gasteiger charge is 2.73. The first-order valence-electron chi connectivity index (χ1n) is 4.45. The van der Waals surface area contributed by atoms with Crippen LogP contribution >= 0.6 is 0 Å². The average molecular weight is 267 g/mol. The Morgan fingerprint density at radius 3 is 1.76 bits per heavy atom. The maximum absolute atomic E-state index is 12.5. The minimum atomic E-state index is -5.74. The number of ether oxygens (including phenoxy) is 1. The predicted octanol–water partition coefficient (Wildman–Crippen LogP) is 1.97. The minimum Gasteiger partial charge on any atom is -0.440 e. The number of likely N-dealkylation sites (N-methyl/N-ethyl adjacent to an activating group) is 1. The fourth-order valence-electron chi connectivity index (χ4n) is 1.08. The molecule has 0 spiro atoms. The predicted molar refractivity (Wildman–Crippen MR) is 45.2 cm³/mol. The minimum absolute atomic E-state index is 0.0594. The third-order valence-electron chi connectivity index (χ3n) is 2.20. The molecule has 0 N–H and O–H groups in total. The molecule has 0 heterocycles. The molecule has 0 bridgehead atoms. The van der Waals surface area contributed by atoms with E-state index in [-0.39, 0.29) is 6.54 Å². The van der Waals surface area contributed by atoms with E-state index in [1.807, 2.05) is 0 Å².